The van der Waals surface area contributed by atoms with Gasteiger partial charge in [-0.3, -0.25) is 4.99 Å². The summed E-state index contributed by atoms with van der Waals surface area (Å²) in [6, 6.07) is 10.1. The van der Waals surface area contributed by atoms with Gasteiger partial charge in [0.15, 0.2) is 5.96 Å². The van der Waals surface area contributed by atoms with Crippen LogP contribution in [0.3, 0.4) is 0 Å². The molecule has 0 saturated heterocycles. The molecule has 0 atom stereocenters. The summed E-state index contributed by atoms with van der Waals surface area (Å²) in [5, 5.41) is 6.23. The van der Waals surface area contributed by atoms with Crippen LogP contribution in [0.1, 0.15) is 11.1 Å². The second kappa shape index (κ2) is 12.9. The third kappa shape index (κ3) is 7.08. The lowest BCUT2D eigenvalue weighted by molar-refractivity contribution is -0.0504. The molecule has 0 spiro atoms. The zero-order valence-corrected chi connectivity index (χ0v) is 19.5. The van der Waals surface area contributed by atoms with Gasteiger partial charge in [0.1, 0.15) is 23.0 Å². The molecule has 0 fully saturated rings. The highest BCUT2D eigenvalue weighted by Gasteiger charge is 2.14. The Morgan fingerprint density at radius 2 is 1.53 bits per heavy atom. The van der Waals surface area contributed by atoms with Crippen LogP contribution < -0.4 is 29.6 Å². The van der Waals surface area contributed by atoms with E-state index in [1.807, 2.05) is 0 Å². The molecule has 2 aromatic rings. The highest BCUT2D eigenvalue weighted by atomic mass is 127. The molecule has 0 aliphatic carbocycles. The van der Waals surface area contributed by atoms with Gasteiger partial charge in [0.25, 0.3) is 0 Å². The normalized spacial score (nSPS) is 10.8. The first-order valence-electron chi connectivity index (χ1n) is 8.78. The van der Waals surface area contributed by atoms with Gasteiger partial charge < -0.3 is 29.6 Å². The van der Waals surface area contributed by atoms with Gasteiger partial charge in [0, 0.05) is 31.3 Å². The largest absolute Gasteiger partial charge is 0.496 e. The van der Waals surface area contributed by atoms with E-state index in [4.69, 9.17) is 14.2 Å². The number of ether oxygens (including phenoxy) is 4. The van der Waals surface area contributed by atoms with E-state index in [0.29, 0.717) is 35.3 Å². The van der Waals surface area contributed by atoms with Crippen molar-refractivity contribution >= 4 is 29.9 Å². The molecule has 7 nitrogen and oxygen atoms in total. The number of alkyl halides is 2. The third-order valence-corrected chi connectivity index (χ3v) is 4.11. The molecule has 166 valence electrons. The number of para-hydroxylation sites is 1. The van der Waals surface area contributed by atoms with Crippen molar-refractivity contribution in [3.8, 4) is 23.0 Å². The molecule has 0 amide bonds. The molecule has 0 aliphatic rings. The summed E-state index contributed by atoms with van der Waals surface area (Å²) >= 11 is 0. The van der Waals surface area contributed by atoms with Crippen LogP contribution in [0.2, 0.25) is 0 Å². The zero-order chi connectivity index (χ0) is 21.2. The maximum Gasteiger partial charge on any atom is 0.387 e. The molecule has 30 heavy (non-hydrogen) atoms. The molecule has 0 aliphatic heterocycles. The Bertz CT molecular complexity index is 812. The van der Waals surface area contributed by atoms with Crippen molar-refractivity contribution in [2.75, 3.05) is 28.4 Å². The zero-order valence-electron chi connectivity index (χ0n) is 17.2. The van der Waals surface area contributed by atoms with Gasteiger partial charge in [-0.05, 0) is 6.07 Å². The summed E-state index contributed by atoms with van der Waals surface area (Å²) in [6.07, 6.45) is 0. The number of hydrogen-bond acceptors (Lipinski definition) is 5. The van der Waals surface area contributed by atoms with E-state index in [1.165, 1.54) is 6.07 Å². The summed E-state index contributed by atoms with van der Waals surface area (Å²) in [7, 11) is 6.29. The Balaban J connectivity index is 0.00000450. The molecular weight excluding hydrogens is 511 g/mol. The van der Waals surface area contributed by atoms with Crippen molar-refractivity contribution in [3.63, 3.8) is 0 Å². The van der Waals surface area contributed by atoms with Crippen LogP contribution in [0, 0.1) is 0 Å². The predicted molar refractivity (Wildman–Crippen MR) is 122 cm³/mol. The average Bonchev–Trinajstić information content (AvgIpc) is 2.73. The fourth-order valence-corrected chi connectivity index (χ4v) is 2.68. The predicted octanol–water partition coefficient (Wildman–Crippen LogP) is 3.80. The van der Waals surface area contributed by atoms with Crippen molar-refractivity contribution in [1.82, 2.24) is 10.6 Å². The summed E-state index contributed by atoms with van der Waals surface area (Å²) in [5.74, 6) is 2.39. The number of nitrogens with zero attached hydrogens (tertiary/aromatic N) is 1. The van der Waals surface area contributed by atoms with E-state index in [1.54, 1.807) is 58.7 Å². The minimum Gasteiger partial charge on any atom is -0.496 e. The quantitative estimate of drug-likeness (QED) is 0.288. The number of hydrogen-bond donors (Lipinski definition) is 2. The molecule has 0 radical (unpaired) electrons. The minimum absolute atomic E-state index is 0. The van der Waals surface area contributed by atoms with Gasteiger partial charge in [-0.25, -0.2) is 0 Å². The maximum absolute atomic E-state index is 12.6. The van der Waals surface area contributed by atoms with Crippen LogP contribution in [0.4, 0.5) is 8.78 Å². The minimum atomic E-state index is -2.89. The number of nitrogens with one attached hydrogen (secondary N) is 2. The summed E-state index contributed by atoms with van der Waals surface area (Å²) in [6.45, 7) is -2.28. The van der Waals surface area contributed by atoms with Crippen LogP contribution in [0.15, 0.2) is 41.4 Å². The smallest absolute Gasteiger partial charge is 0.387 e. The number of aliphatic imine (C=N–C) groups is 1. The van der Waals surface area contributed by atoms with Crippen LogP contribution in [0.25, 0.3) is 0 Å². The van der Waals surface area contributed by atoms with E-state index >= 15 is 0 Å². The van der Waals surface area contributed by atoms with E-state index < -0.39 is 6.61 Å². The van der Waals surface area contributed by atoms with Crippen LogP contribution >= 0.6 is 24.0 Å². The van der Waals surface area contributed by atoms with Crippen molar-refractivity contribution in [2.45, 2.75) is 19.7 Å². The van der Waals surface area contributed by atoms with Crippen molar-refractivity contribution in [1.29, 1.82) is 0 Å². The van der Waals surface area contributed by atoms with Crippen molar-refractivity contribution in [3.05, 3.63) is 47.5 Å². The van der Waals surface area contributed by atoms with E-state index in [9.17, 15) is 8.78 Å². The first-order chi connectivity index (χ1) is 14.0. The summed E-state index contributed by atoms with van der Waals surface area (Å²) in [4.78, 5) is 4.15. The Morgan fingerprint density at radius 3 is 2.07 bits per heavy atom. The van der Waals surface area contributed by atoms with Crippen LogP contribution in [-0.4, -0.2) is 40.9 Å². The summed E-state index contributed by atoms with van der Waals surface area (Å²) in [5.41, 5.74) is 1.36. The number of guanidine groups is 1. The Labute approximate surface area is 191 Å². The molecular formula is C20H26F2IN3O4. The van der Waals surface area contributed by atoms with E-state index in [0.717, 1.165) is 5.56 Å². The highest BCUT2D eigenvalue weighted by molar-refractivity contribution is 14.0. The van der Waals surface area contributed by atoms with E-state index in [2.05, 4.69) is 20.4 Å². The molecule has 0 heterocycles. The van der Waals surface area contributed by atoms with Crippen LogP contribution in [-0.2, 0) is 13.1 Å². The van der Waals surface area contributed by atoms with Gasteiger partial charge in [0.2, 0.25) is 0 Å². The monoisotopic (exact) mass is 537 g/mol. The average molecular weight is 537 g/mol. The number of halogens is 3. The topological polar surface area (TPSA) is 73.3 Å². The highest BCUT2D eigenvalue weighted by Crippen LogP contribution is 2.33. The molecule has 0 bridgehead atoms. The first kappa shape index (κ1) is 25.5. The molecule has 10 heteroatoms. The van der Waals surface area contributed by atoms with Crippen molar-refractivity contribution in [2.24, 2.45) is 4.99 Å². The van der Waals surface area contributed by atoms with Gasteiger partial charge in [0.05, 0.1) is 33.4 Å². The lowest BCUT2D eigenvalue weighted by Crippen LogP contribution is -2.36. The van der Waals surface area contributed by atoms with Gasteiger partial charge in [-0.15, -0.1) is 24.0 Å². The summed E-state index contributed by atoms with van der Waals surface area (Å²) < 4.78 is 45.8. The lowest BCUT2D eigenvalue weighted by atomic mass is 10.1. The second-order valence-electron chi connectivity index (χ2n) is 5.78. The number of methoxy groups -OCH3 is 3. The van der Waals surface area contributed by atoms with Crippen molar-refractivity contribution < 1.29 is 27.7 Å². The molecule has 0 aromatic heterocycles. The Hall–Kier alpha value is -2.50. The maximum atomic E-state index is 12.6. The lowest BCUT2D eigenvalue weighted by Gasteiger charge is -2.18. The number of rotatable bonds is 9. The number of benzene rings is 2. The molecule has 2 aromatic carbocycles. The molecule has 2 N–H and O–H groups in total. The standard InChI is InChI=1S/C20H25F2N3O4.HI/c1-23-20(24-11-13-7-5-6-8-16(13)29-19(21)22)25-12-15-17(27-3)9-14(26-2)10-18(15)28-4;/h5-10,19H,11-12H2,1-4H3,(H2,23,24,25);1H. The van der Waals surface area contributed by atoms with Crippen LogP contribution in [0.5, 0.6) is 23.0 Å². The third-order valence-electron chi connectivity index (χ3n) is 4.11. The SMILES string of the molecule is CN=C(NCc1ccccc1OC(F)F)NCc1c(OC)cc(OC)cc1OC.I. The molecule has 0 saturated carbocycles. The fraction of sp³-hybridized carbons (Fsp3) is 0.350. The molecule has 0 unspecified atom stereocenters. The Morgan fingerprint density at radius 1 is 0.933 bits per heavy atom. The molecule has 2 rings (SSSR count). The Kier molecular flexibility index (Phi) is 11.0. The second-order valence-corrected chi connectivity index (χ2v) is 5.78. The fourth-order valence-electron chi connectivity index (χ4n) is 2.68. The first-order valence-corrected chi connectivity index (χ1v) is 8.78. The van der Waals surface area contributed by atoms with Gasteiger partial charge >= 0.3 is 6.61 Å². The van der Waals surface area contributed by atoms with Gasteiger partial charge in [-0.2, -0.15) is 8.78 Å². The van der Waals surface area contributed by atoms with Gasteiger partial charge in [-0.1, -0.05) is 18.2 Å². The van der Waals surface area contributed by atoms with E-state index in [-0.39, 0.29) is 36.3 Å².